The number of aromatic amines is 2. The van der Waals surface area contributed by atoms with Gasteiger partial charge in [0.2, 0.25) is 6.08 Å². The number of isocyanates is 1. The van der Waals surface area contributed by atoms with Crippen LogP contribution in [0, 0.1) is 0 Å². The minimum atomic E-state index is -0.385. The minimum absolute atomic E-state index is 0.226. The third-order valence-electron chi connectivity index (χ3n) is 3.04. The van der Waals surface area contributed by atoms with Gasteiger partial charge in [0.1, 0.15) is 0 Å². The molecule has 1 aromatic heterocycles. The molecular formula is C11H9N3O2. The second-order valence-corrected chi connectivity index (χ2v) is 4.07. The first kappa shape index (κ1) is 9.12. The molecule has 0 spiro atoms. The van der Waals surface area contributed by atoms with Crippen LogP contribution < -0.4 is 5.69 Å². The Morgan fingerprint density at radius 1 is 1.25 bits per heavy atom. The SMILES string of the molecule is O=C=NC1(c2ccc3[nH]c(=O)[nH]c3c2)CC1. The van der Waals surface area contributed by atoms with Gasteiger partial charge in [-0.3, -0.25) is 0 Å². The van der Waals surface area contributed by atoms with Crippen molar-refractivity contribution in [3.8, 4) is 0 Å². The van der Waals surface area contributed by atoms with Gasteiger partial charge in [0, 0.05) is 0 Å². The summed E-state index contributed by atoms with van der Waals surface area (Å²) < 4.78 is 0. The Balaban J connectivity index is 2.18. The molecule has 0 amide bonds. The quantitative estimate of drug-likeness (QED) is 0.582. The molecule has 16 heavy (non-hydrogen) atoms. The van der Waals surface area contributed by atoms with Gasteiger partial charge in [-0.15, -0.1) is 0 Å². The van der Waals surface area contributed by atoms with Crippen LogP contribution >= 0.6 is 0 Å². The highest BCUT2D eigenvalue weighted by molar-refractivity contribution is 5.75. The Bertz CT molecular complexity index is 657. The van der Waals surface area contributed by atoms with Gasteiger partial charge in [-0.25, -0.2) is 9.59 Å². The van der Waals surface area contributed by atoms with Crippen molar-refractivity contribution in [1.82, 2.24) is 9.97 Å². The first-order valence-corrected chi connectivity index (χ1v) is 5.05. The highest BCUT2D eigenvalue weighted by atomic mass is 16.1. The number of imidazole rings is 1. The summed E-state index contributed by atoms with van der Waals surface area (Å²) in [7, 11) is 0. The van der Waals surface area contributed by atoms with Crippen molar-refractivity contribution < 1.29 is 4.79 Å². The van der Waals surface area contributed by atoms with Gasteiger partial charge in [-0.2, -0.15) is 4.99 Å². The number of hydrogen-bond donors (Lipinski definition) is 2. The topological polar surface area (TPSA) is 78.1 Å². The Hall–Kier alpha value is -2.13. The molecule has 5 heteroatoms. The number of rotatable bonds is 2. The van der Waals surface area contributed by atoms with Gasteiger partial charge in [0.25, 0.3) is 0 Å². The van der Waals surface area contributed by atoms with E-state index in [0.29, 0.717) is 0 Å². The van der Waals surface area contributed by atoms with E-state index in [-0.39, 0.29) is 11.2 Å². The normalized spacial score (nSPS) is 17.0. The summed E-state index contributed by atoms with van der Waals surface area (Å²) in [5, 5.41) is 0. The molecule has 1 heterocycles. The largest absolute Gasteiger partial charge is 0.323 e. The van der Waals surface area contributed by atoms with Crippen LogP contribution in [0.1, 0.15) is 18.4 Å². The molecule has 1 saturated carbocycles. The number of aromatic nitrogens is 2. The van der Waals surface area contributed by atoms with E-state index in [2.05, 4.69) is 15.0 Å². The Morgan fingerprint density at radius 3 is 2.69 bits per heavy atom. The average molecular weight is 215 g/mol. The zero-order valence-electron chi connectivity index (χ0n) is 8.41. The van der Waals surface area contributed by atoms with Crippen LogP contribution in [0.3, 0.4) is 0 Å². The second-order valence-electron chi connectivity index (χ2n) is 4.07. The molecule has 0 aliphatic heterocycles. The number of hydrogen-bond acceptors (Lipinski definition) is 3. The summed E-state index contributed by atoms with van der Waals surface area (Å²) in [6.45, 7) is 0. The smallest absolute Gasteiger partial charge is 0.306 e. The molecule has 2 aromatic rings. The molecule has 1 aromatic carbocycles. The van der Waals surface area contributed by atoms with Crippen LogP contribution in [-0.4, -0.2) is 16.0 Å². The lowest BCUT2D eigenvalue weighted by Gasteiger charge is -2.07. The number of fused-ring (bicyclic) bond motifs is 1. The number of carbonyl (C=O) groups excluding carboxylic acids is 1. The molecule has 0 radical (unpaired) electrons. The van der Waals surface area contributed by atoms with Gasteiger partial charge >= 0.3 is 5.69 Å². The fourth-order valence-corrected chi connectivity index (χ4v) is 1.99. The molecule has 0 bridgehead atoms. The van der Waals surface area contributed by atoms with Crippen molar-refractivity contribution in [3.05, 3.63) is 34.2 Å². The van der Waals surface area contributed by atoms with Crippen LogP contribution in [0.2, 0.25) is 0 Å². The predicted molar refractivity (Wildman–Crippen MR) is 58.0 cm³/mol. The third-order valence-corrected chi connectivity index (χ3v) is 3.04. The molecule has 2 N–H and O–H groups in total. The Kier molecular flexibility index (Phi) is 1.67. The molecule has 0 unspecified atom stereocenters. The maximum Gasteiger partial charge on any atom is 0.323 e. The summed E-state index contributed by atoms with van der Waals surface area (Å²) in [5.74, 6) is 0. The second kappa shape index (κ2) is 2.93. The highest BCUT2D eigenvalue weighted by Gasteiger charge is 2.44. The van der Waals surface area contributed by atoms with Crippen molar-refractivity contribution in [2.75, 3.05) is 0 Å². The Morgan fingerprint density at radius 2 is 2.00 bits per heavy atom. The van der Waals surface area contributed by atoms with Crippen LogP contribution in [0.25, 0.3) is 11.0 Å². The fraction of sp³-hybridized carbons (Fsp3) is 0.273. The average Bonchev–Trinajstić information content (AvgIpc) is 2.93. The van der Waals surface area contributed by atoms with Crippen LogP contribution in [0.5, 0.6) is 0 Å². The van der Waals surface area contributed by atoms with Crippen molar-refractivity contribution >= 4 is 17.1 Å². The first-order chi connectivity index (χ1) is 7.73. The molecule has 3 rings (SSSR count). The van der Waals surface area contributed by atoms with E-state index in [9.17, 15) is 9.59 Å². The Labute approximate surface area is 90.2 Å². The van der Waals surface area contributed by atoms with E-state index in [1.54, 1.807) is 6.08 Å². The lowest BCUT2D eigenvalue weighted by Crippen LogP contribution is -2.01. The zero-order chi connectivity index (χ0) is 11.2. The minimum Gasteiger partial charge on any atom is -0.306 e. The van der Waals surface area contributed by atoms with E-state index < -0.39 is 0 Å². The van der Waals surface area contributed by atoms with E-state index in [0.717, 1.165) is 29.4 Å². The summed E-state index contributed by atoms with van der Waals surface area (Å²) in [6.07, 6.45) is 3.34. The molecule has 0 atom stereocenters. The standard InChI is InChI=1S/C11H9N3O2/c15-6-12-11(3-4-11)7-1-2-8-9(5-7)14-10(16)13-8/h1-2,5H,3-4H2,(H2,13,14,16). The van der Waals surface area contributed by atoms with Gasteiger partial charge in [0.05, 0.1) is 16.6 Å². The number of nitrogens with zero attached hydrogens (tertiary/aromatic N) is 1. The molecule has 80 valence electrons. The summed E-state index contributed by atoms with van der Waals surface area (Å²) in [4.78, 5) is 30.6. The predicted octanol–water partition coefficient (Wildman–Crippen LogP) is 1.18. The monoisotopic (exact) mass is 215 g/mol. The van der Waals surface area contributed by atoms with Crippen molar-refractivity contribution in [2.24, 2.45) is 4.99 Å². The number of H-pyrrole nitrogens is 2. The van der Waals surface area contributed by atoms with Crippen LogP contribution in [0.4, 0.5) is 0 Å². The lowest BCUT2D eigenvalue weighted by molar-refractivity contribution is 0.556. The maximum atomic E-state index is 11.1. The molecule has 1 aliphatic carbocycles. The van der Waals surface area contributed by atoms with Gasteiger partial charge in [0.15, 0.2) is 0 Å². The zero-order valence-corrected chi connectivity index (χ0v) is 8.41. The van der Waals surface area contributed by atoms with Crippen LogP contribution in [0.15, 0.2) is 28.0 Å². The molecular weight excluding hydrogens is 206 g/mol. The fourth-order valence-electron chi connectivity index (χ4n) is 1.99. The van der Waals surface area contributed by atoms with E-state index in [1.165, 1.54) is 0 Å². The number of nitrogens with one attached hydrogen (secondary N) is 2. The highest BCUT2D eigenvalue weighted by Crippen LogP contribution is 2.49. The van der Waals surface area contributed by atoms with E-state index in [1.807, 2.05) is 18.2 Å². The maximum absolute atomic E-state index is 11.1. The lowest BCUT2D eigenvalue weighted by atomic mass is 10.1. The molecule has 1 fully saturated rings. The van der Waals surface area contributed by atoms with Crippen molar-refractivity contribution in [1.29, 1.82) is 0 Å². The van der Waals surface area contributed by atoms with Crippen molar-refractivity contribution in [3.63, 3.8) is 0 Å². The summed E-state index contributed by atoms with van der Waals surface area (Å²) in [5.41, 5.74) is 1.85. The molecule has 0 saturated heterocycles. The van der Waals surface area contributed by atoms with Crippen molar-refractivity contribution in [2.45, 2.75) is 18.4 Å². The summed E-state index contributed by atoms with van der Waals surface area (Å²) >= 11 is 0. The molecule has 1 aliphatic rings. The van der Waals surface area contributed by atoms with E-state index in [4.69, 9.17) is 0 Å². The van der Waals surface area contributed by atoms with Gasteiger partial charge in [-0.05, 0) is 30.5 Å². The number of benzene rings is 1. The first-order valence-electron chi connectivity index (χ1n) is 5.05. The molecule has 5 nitrogen and oxygen atoms in total. The third kappa shape index (κ3) is 1.22. The van der Waals surface area contributed by atoms with Crippen LogP contribution in [-0.2, 0) is 10.3 Å². The van der Waals surface area contributed by atoms with Gasteiger partial charge < -0.3 is 9.97 Å². The van der Waals surface area contributed by atoms with Gasteiger partial charge in [-0.1, -0.05) is 6.07 Å². The summed E-state index contributed by atoms with van der Waals surface area (Å²) in [6, 6.07) is 5.57. The van der Waals surface area contributed by atoms with E-state index >= 15 is 0 Å². The number of aliphatic imine (C=N–C) groups is 1.